The first-order valence-corrected chi connectivity index (χ1v) is 6.92. The van der Waals surface area contributed by atoms with Crippen molar-refractivity contribution in [3.63, 3.8) is 0 Å². The summed E-state index contributed by atoms with van der Waals surface area (Å²) in [5.41, 5.74) is 1.11. The molecule has 0 aliphatic carbocycles. The van der Waals surface area contributed by atoms with Gasteiger partial charge in [-0.2, -0.15) is 0 Å². The molecule has 1 aromatic rings. The smallest absolute Gasteiger partial charge is 0.314 e. The van der Waals surface area contributed by atoms with Crippen LogP contribution in [-0.2, 0) is 6.42 Å². The number of hydrogen-bond acceptors (Lipinski definition) is 4. The van der Waals surface area contributed by atoms with Crippen molar-refractivity contribution in [3.05, 3.63) is 11.1 Å². The second-order valence-electron chi connectivity index (χ2n) is 5.31. The van der Waals surface area contributed by atoms with Crippen molar-refractivity contribution in [2.45, 2.75) is 27.2 Å². The Morgan fingerprint density at radius 1 is 1.39 bits per heavy atom. The Kier molecular flexibility index (Phi) is 5.40. The highest BCUT2D eigenvalue weighted by Crippen LogP contribution is 2.14. The number of thiazole rings is 1. The van der Waals surface area contributed by atoms with Gasteiger partial charge in [-0.05, 0) is 5.41 Å². The van der Waals surface area contributed by atoms with Gasteiger partial charge in [0.25, 0.3) is 0 Å². The van der Waals surface area contributed by atoms with Crippen LogP contribution in [-0.4, -0.2) is 31.2 Å². The summed E-state index contributed by atoms with van der Waals surface area (Å²) < 4.78 is 0. The van der Waals surface area contributed by atoms with Crippen LogP contribution in [0.2, 0.25) is 0 Å². The molecule has 0 fully saturated rings. The Hall–Kier alpha value is -1.30. The highest BCUT2D eigenvalue weighted by atomic mass is 32.1. The van der Waals surface area contributed by atoms with Crippen molar-refractivity contribution in [2.75, 3.05) is 25.5 Å². The van der Waals surface area contributed by atoms with Gasteiger partial charge in [0.05, 0.1) is 5.69 Å². The van der Waals surface area contributed by atoms with Crippen molar-refractivity contribution in [2.24, 2.45) is 5.41 Å². The van der Waals surface area contributed by atoms with E-state index < -0.39 is 0 Å². The monoisotopic (exact) mass is 270 g/mol. The van der Waals surface area contributed by atoms with E-state index in [0.717, 1.165) is 17.2 Å². The Bertz CT molecular complexity index is 384. The van der Waals surface area contributed by atoms with E-state index in [2.05, 4.69) is 41.7 Å². The molecular weight excluding hydrogens is 248 g/mol. The molecule has 0 radical (unpaired) electrons. The van der Waals surface area contributed by atoms with E-state index in [-0.39, 0.29) is 11.4 Å². The third kappa shape index (κ3) is 5.86. The van der Waals surface area contributed by atoms with Crippen molar-refractivity contribution in [1.29, 1.82) is 0 Å². The summed E-state index contributed by atoms with van der Waals surface area (Å²) in [6, 6.07) is -0.117. The van der Waals surface area contributed by atoms with E-state index >= 15 is 0 Å². The maximum Gasteiger partial charge on any atom is 0.314 e. The van der Waals surface area contributed by atoms with Crippen molar-refractivity contribution >= 4 is 22.5 Å². The highest BCUT2D eigenvalue weighted by molar-refractivity contribution is 7.13. The van der Waals surface area contributed by atoms with Crippen LogP contribution in [0.3, 0.4) is 0 Å². The fourth-order valence-electron chi connectivity index (χ4n) is 1.25. The van der Waals surface area contributed by atoms with E-state index in [9.17, 15) is 4.79 Å². The number of carbonyl (C=O) groups excluding carboxylic acids is 1. The summed E-state index contributed by atoms with van der Waals surface area (Å²) in [6.45, 7) is 7.52. The lowest BCUT2D eigenvalue weighted by Crippen LogP contribution is -2.40. The van der Waals surface area contributed by atoms with E-state index in [1.165, 1.54) is 0 Å². The van der Waals surface area contributed by atoms with Gasteiger partial charge in [0.1, 0.15) is 0 Å². The molecule has 0 atom stereocenters. The van der Waals surface area contributed by atoms with Gasteiger partial charge >= 0.3 is 6.03 Å². The molecule has 18 heavy (non-hydrogen) atoms. The molecule has 0 aromatic carbocycles. The van der Waals surface area contributed by atoms with Crippen LogP contribution in [0.25, 0.3) is 0 Å². The molecule has 6 heteroatoms. The van der Waals surface area contributed by atoms with Gasteiger partial charge < -0.3 is 16.0 Å². The third-order valence-corrected chi connectivity index (χ3v) is 3.12. The van der Waals surface area contributed by atoms with Crippen LogP contribution in [0, 0.1) is 5.41 Å². The van der Waals surface area contributed by atoms with Crippen LogP contribution in [0.4, 0.5) is 9.93 Å². The van der Waals surface area contributed by atoms with Crippen molar-refractivity contribution < 1.29 is 4.79 Å². The van der Waals surface area contributed by atoms with Crippen LogP contribution < -0.4 is 16.0 Å². The Balaban J connectivity index is 2.19. The average Bonchev–Trinajstić information content (AvgIpc) is 2.73. The molecule has 1 rings (SSSR count). The molecule has 102 valence electrons. The summed E-state index contributed by atoms with van der Waals surface area (Å²) in [6.07, 6.45) is 0.751. The maximum atomic E-state index is 11.5. The number of nitrogens with zero attached hydrogens (tertiary/aromatic N) is 1. The molecule has 0 aliphatic heterocycles. The zero-order valence-corrected chi connectivity index (χ0v) is 12.3. The Morgan fingerprint density at radius 2 is 2.11 bits per heavy atom. The largest absolute Gasteiger partial charge is 0.365 e. The lowest BCUT2D eigenvalue weighted by molar-refractivity contribution is 0.235. The molecule has 3 N–H and O–H groups in total. The summed E-state index contributed by atoms with van der Waals surface area (Å²) >= 11 is 1.57. The molecule has 2 amide bonds. The Morgan fingerprint density at radius 3 is 2.67 bits per heavy atom. The third-order valence-electron chi connectivity index (χ3n) is 2.21. The predicted molar refractivity (Wildman–Crippen MR) is 76.2 cm³/mol. The van der Waals surface area contributed by atoms with E-state index in [1.807, 2.05) is 12.4 Å². The minimum absolute atomic E-state index is 0.105. The highest BCUT2D eigenvalue weighted by Gasteiger charge is 2.11. The van der Waals surface area contributed by atoms with Gasteiger partial charge in [0, 0.05) is 31.9 Å². The number of rotatable bonds is 5. The van der Waals surface area contributed by atoms with Crippen LogP contribution in [0.1, 0.15) is 26.5 Å². The number of hydrogen-bond donors (Lipinski definition) is 3. The number of aromatic nitrogens is 1. The number of carbonyl (C=O) groups is 1. The first-order chi connectivity index (χ1) is 8.40. The van der Waals surface area contributed by atoms with E-state index in [1.54, 1.807) is 11.3 Å². The zero-order valence-electron chi connectivity index (χ0n) is 11.5. The Labute approximate surface area is 112 Å². The number of urea groups is 1. The molecule has 1 heterocycles. The van der Waals surface area contributed by atoms with Crippen LogP contribution in [0.15, 0.2) is 5.38 Å². The zero-order chi connectivity index (χ0) is 13.6. The molecule has 0 aliphatic rings. The fraction of sp³-hybridized carbons (Fsp3) is 0.667. The molecule has 0 bridgehead atoms. The quantitative estimate of drug-likeness (QED) is 0.767. The lowest BCUT2D eigenvalue weighted by atomic mass is 9.97. The second-order valence-corrected chi connectivity index (χ2v) is 6.17. The lowest BCUT2D eigenvalue weighted by Gasteiger charge is -2.18. The molecule has 1 aromatic heterocycles. The van der Waals surface area contributed by atoms with E-state index in [0.29, 0.717) is 13.1 Å². The number of amides is 2. The summed E-state index contributed by atoms with van der Waals surface area (Å²) in [5.74, 6) is 0. The molecule has 0 saturated carbocycles. The van der Waals surface area contributed by atoms with E-state index in [4.69, 9.17) is 0 Å². The van der Waals surface area contributed by atoms with Crippen LogP contribution >= 0.6 is 11.3 Å². The summed E-state index contributed by atoms with van der Waals surface area (Å²) in [5, 5.41) is 11.6. The first kappa shape index (κ1) is 14.8. The molecular formula is C12H22N4OS. The topological polar surface area (TPSA) is 66.0 Å². The molecule has 0 spiro atoms. The molecule has 0 saturated heterocycles. The molecule has 5 nitrogen and oxygen atoms in total. The maximum absolute atomic E-state index is 11.5. The van der Waals surface area contributed by atoms with Crippen molar-refractivity contribution in [1.82, 2.24) is 15.6 Å². The SMILES string of the molecule is CNc1nc(CCNC(=O)NCC(C)(C)C)cs1. The second kappa shape index (κ2) is 6.58. The summed E-state index contributed by atoms with van der Waals surface area (Å²) in [7, 11) is 1.85. The average molecular weight is 270 g/mol. The normalized spacial score (nSPS) is 11.1. The van der Waals surface area contributed by atoms with Crippen molar-refractivity contribution in [3.8, 4) is 0 Å². The predicted octanol–water partition coefficient (Wildman–Crippen LogP) is 2.07. The van der Waals surface area contributed by atoms with Gasteiger partial charge in [0.15, 0.2) is 5.13 Å². The van der Waals surface area contributed by atoms with Crippen LogP contribution in [0.5, 0.6) is 0 Å². The van der Waals surface area contributed by atoms with Gasteiger partial charge in [-0.25, -0.2) is 9.78 Å². The standard InChI is InChI=1S/C12H22N4OS/c1-12(2,3)8-15-10(17)14-6-5-9-7-18-11(13-4)16-9/h7H,5-6,8H2,1-4H3,(H,13,16)(H2,14,15,17). The van der Waals surface area contributed by atoms with Gasteiger partial charge in [-0.15, -0.1) is 11.3 Å². The number of nitrogens with one attached hydrogen (secondary N) is 3. The fourth-order valence-corrected chi connectivity index (χ4v) is 1.95. The van der Waals surface area contributed by atoms with Gasteiger partial charge in [-0.3, -0.25) is 0 Å². The minimum atomic E-state index is -0.117. The van der Waals surface area contributed by atoms with Gasteiger partial charge in [0.2, 0.25) is 0 Å². The summed E-state index contributed by atoms with van der Waals surface area (Å²) in [4.78, 5) is 15.8. The minimum Gasteiger partial charge on any atom is -0.365 e. The van der Waals surface area contributed by atoms with Gasteiger partial charge in [-0.1, -0.05) is 20.8 Å². The molecule has 0 unspecified atom stereocenters. The number of anilines is 1. The first-order valence-electron chi connectivity index (χ1n) is 6.04.